The van der Waals surface area contributed by atoms with Crippen molar-refractivity contribution in [2.24, 2.45) is 0 Å². The summed E-state index contributed by atoms with van der Waals surface area (Å²) in [7, 11) is 0. The van der Waals surface area contributed by atoms with E-state index in [0.717, 1.165) is 15.8 Å². The average Bonchev–Trinajstić information content (AvgIpc) is 3.29. The summed E-state index contributed by atoms with van der Waals surface area (Å²) in [5.41, 5.74) is 0.826. The molecule has 2 aromatic heterocycles. The summed E-state index contributed by atoms with van der Waals surface area (Å²) in [5, 5.41) is 16.8. The van der Waals surface area contributed by atoms with Crippen molar-refractivity contribution in [3.8, 4) is 10.7 Å². The second-order valence-electron chi connectivity index (χ2n) is 6.37. The van der Waals surface area contributed by atoms with E-state index in [1.807, 2.05) is 41.8 Å². The van der Waals surface area contributed by atoms with Gasteiger partial charge in [-0.25, -0.2) is 9.97 Å². The molecule has 4 aromatic rings. The predicted molar refractivity (Wildman–Crippen MR) is 120 cm³/mol. The van der Waals surface area contributed by atoms with E-state index in [9.17, 15) is 14.9 Å². The molecule has 0 spiro atoms. The summed E-state index contributed by atoms with van der Waals surface area (Å²) in [4.78, 5) is 33.7. The summed E-state index contributed by atoms with van der Waals surface area (Å²) < 4.78 is 0. The van der Waals surface area contributed by atoms with E-state index in [2.05, 4.69) is 10.3 Å². The zero-order chi connectivity index (χ0) is 21.1. The fourth-order valence-corrected chi connectivity index (χ4v) is 4.44. The standard InChI is InChI=1S/C21H16N4O3S2/c1-13(20(26)23-16-9-4-5-10-17(16)25(27)28)30-21-14-7-2-3-8-15(14)22-19(24-21)18-11-6-12-29-18/h2-13H,1H3,(H,23,26)/t13-/m0/s1. The molecule has 0 aliphatic heterocycles. The molecule has 30 heavy (non-hydrogen) atoms. The Bertz CT molecular complexity index is 1230. The SMILES string of the molecule is C[C@H](Sc1nc(-c2cccs2)nc2ccccc12)C(=O)Nc1ccccc1[N+](=O)[O-]. The minimum absolute atomic E-state index is 0.143. The molecule has 7 nitrogen and oxygen atoms in total. The highest BCUT2D eigenvalue weighted by molar-refractivity contribution is 8.00. The highest BCUT2D eigenvalue weighted by atomic mass is 32.2. The van der Waals surface area contributed by atoms with Gasteiger partial charge in [-0.05, 0) is 30.5 Å². The highest BCUT2D eigenvalue weighted by Crippen LogP contribution is 2.33. The lowest BCUT2D eigenvalue weighted by Crippen LogP contribution is -2.23. The number of carbonyl (C=O) groups excluding carboxylic acids is 1. The topological polar surface area (TPSA) is 98.0 Å². The van der Waals surface area contributed by atoms with Gasteiger partial charge in [-0.15, -0.1) is 11.3 Å². The maximum absolute atomic E-state index is 12.7. The number of nitrogens with zero attached hydrogens (tertiary/aromatic N) is 3. The number of fused-ring (bicyclic) bond motifs is 1. The predicted octanol–water partition coefficient (Wildman–Crippen LogP) is 5.39. The van der Waals surface area contributed by atoms with E-state index in [1.165, 1.54) is 23.9 Å². The Labute approximate surface area is 180 Å². The van der Waals surface area contributed by atoms with Crippen LogP contribution in [0, 0.1) is 10.1 Å². The van der Waals surface area contributed by atoms with Crippen molar-refractivity contribution in [3.05, 3.63) is 76.2 Å². The van der Waals surface area contributed by atoms with Gasteiger partial charge >= 0.3 is 0 Å². The Morgan fingerprint density at radius 2 is 1.87 bits per heavy atom. The van der Waals surface area contributed by atoms with Crippen LogP contribution < -0.4 is 5.32 Å². The van der Waals surface area contributed by atoms with E-state index in [1.54, 1.807) is 30.4 Å². The lowest BCUT2D eigenvalue weighted by molar-refractivity contribution is -0.383. The third-order valence-corrected chi connectivity index (χ3v) is 6.29. The number of rotatable bonds is 6. The van der Waals surface area contributed by atoms with Gasteiger partial charge in [-0.3, -0.25) is 14.9 Å². The summed E-state index contributed by atoms with van der Waals surface area (Å²) in [6.07, 6.45) is 0. The van der Waals surface area contributed by atoms with Crippen LogP contribution in [0.3, 0.4) is 0 Å². The molecule has 0 saturated heterocycles. The van der Waals surface area contributed by atoms with Gasteiger partial charge in [0.15, 0.2) is 5.82 Å². The number of para-hydroxylation sites is 3. The van der Waals surface area contributed by atoms with Gasteiger partial charge in [-0.1, -0.05) is 48.2 Å². The molecule has 0 aliphatic carbocycles. The summed E-state index contributed by atoms with van der Waals surface area (Å²) >= 11 is 2.84. The number of nitro benzene ring substituents is 1. The van der Waals surface area contributed by atoms with Crippen LogP contribution in [-0.2, 0) is 4.79 Å². The van der Waals surface area contributed by atoms with Crippen molar-refractivity contribution < 1.29 is 9.72 Å². The number of anilines is 1. The third-order valence-electron chi connectivity index (χ3n) is 4.33. The van der Waals surface area contributed by atoms with Gasteiger partial charge in [0.1, 0.15) is 10.7 Å². The summed E-state index contributed by atoms with van der Waals surface area (Å²) in [6, 6.07) is 17.6. The molecule has 0 radical (unpaired) electrons. The first-order chi connectivity index (χ1) is 14.5. The monoisotopic (exact) mass is 436 g/mol. The molecule has 1 atom stereocenters. The fourth-order valence-electron chi connectivity index (χ4n) is 2.85. The van der Waals surface area contributed by atoms with Gasteiger partial charge in [0.2, 0.25) is 5.91 Å². The molecule has 0 fully saturated rings. The van der Waals surface area contributed by atoms with Crippen molar-refractivity contribution >= 4 is 51.3 Å². The van der Waals surface area contributed by atoms with Crippen LogP contribution in [0.15, 0.2) is 71.1 Å². The number of hydrogen-bond acceptors (Lipinski definition) is 7. The van der Waals surface area contributed by atoms with Crippen molar-refractivity contribution in [2.75, 3.05) is 5.32 Å². The smallest absolute Gasteiger partial charge is 0.292 e. The second kappa shape index (κ2) is 8.60. The van der Waals surface area contributed by atoms with Crippen LogP contribution in [0.4, 0.5) is 11.4 Å². The Morgan fingerprint density at radius 1 is 1.10 bits per heavy atom. The number of benzene rings is 2. The van der Waals surface area contributed by atoms with Crippen LogP contribution >= 0.6 is 23.1 Å². The van der Waals surface area contributed by atoms with Gasteiger partial charge in [0.05, 0.1) is 20.6 Å². The van der Waals surface area contributed by atoms with Crippen LogP contribution in [-0.4, -0.2) is 26.0 Å². The number of thiophene rings is 1. The zero-order valence-electron chi connectivity index (χ0n) is 15.8. The number of nitrogens with one attached hydrogen (secondary N) is 1. The minimum Gasteiger partial charge on any atom is -0.319 e. The quantitative estimate of drug-likeness (QED) is 0.188. The normalized spacial score (nSPS) is 11.9. The van der Waals surface area contributed by atoms with Gasteiger partial charge in [-0.2, -0.15) is 0 Å². The van der Waals surface area contributed by atoms with E-state index in [0.29, 0.717) is 10.9 Å². The Morgan fingerprint density at radius 3 is 2.63 bits per heavy atom. The number of thioether (sulfide) groups is 1. The number of aromatic nitrogens is 2. The Balaban J connectivity index is 1.62. The molecule has 4 rings (SSSR count). The first kappa shape index (κ1) is 20.0. The fraction of sp³-hybridized carbons (Fsp3) is 0.0952. The maximum Gasteiger partial charge on any atom is 0.292 e. The minimum atomic E-state index is -0.528. The van der Waals surface area contributed by atoms with Gasteiger partial charge in [0.25, 0.3) is 5.69 Å². The Hall–Kier alpha value is -3.30. The van der Waals surface area contributed by atoms with Crippen LogP contribution in [0.1, 0.15) is 6.92 Å². The van der Waals surface area contributed by atoms with E-state index >= 15 is 0 Å². The molecule has 0 saturated carbocycles. The molecular formula is C21H16N4O3S2. The first-order valence-corrected chi connectivity index (χ1v) is 10.8. The number of hydrogen-bond donors (Lipinski definition) is 1. The van der Waals surface area contributed by atoms with E-state index in [-0.39, 0.29) is 17.3 Å². The average molecular weight is 437 g/mol. The number of nitro groups is 1. The molecule has 1 N–H and O–H groups in total. The molecule has 150 valence electrons. The summed E-state index contributed by atoms with van der Waals surface area (Å²) in [6.45, 7) is 1.75. The molecule has 0 bridgehead atoms. The number of carbonyl (C=O) groups is 1. The van der Waals surface area contributed by atoms with Crippen LogP contribution in [0.5, 0.6) is 0 Å². The molecule has 2 heterocycles. The van der Waals surface area contributed by atoms with Crippen LogP contribution in [0.2, 0.25) is 0 Å². The maximum atomic E-state index is 12.7. The van der Waals surface area contributed by atoms with E-state index < -0.39 is 10.2 Å². The first-order valence-electron chi connectivity index (χ1n) is 9.04. The van der Waals surface area contributed by atoms with Crippen molar-refractivity contribution in [1.82, 2.24) is 9.97 Å². The Kier molecular flexibility index (Phi) is 5.73. The lowest BCUT2D eigenvalue weighted by Gasteiger charge is -2.13. The molecule has 2 aromatic carbocycles. The van der Waals surface area contributed by atoms with Gasteiger partial charge in [0, 0.05) is 11.5 Å². The molecule has 0 aliphatic rings. The largest absolute Gasteiger partial charge is 0.319 e. The lowest BCUT2D eigenvalue weighted by atomic mass is 10.2. The van der Waals surface area contributed by atoms with E-state index in [4.69, 9.17) is 4.98 Å². The molecule has 1 amide bonds. The van der Waals surface area contributed by atoms with Crippen molar-refractivity contribution in [3.63, 3.8) is 0 Å². The van der Waals surface area contributed by atoms with Crippen molar-refractivity contribution in [1.29, 1.82) is 0 Å². The van der Waals surface area contributed by atoms with Gasteiger partial charge < -0.3 is 5.32 Å². The summed E-state index contributed by atoms with van der Waals surface area (Å²) in [5.74, 6) is 0.271. The third kappa shape index (κ3) is 4.17. The molecule has 0 unspecified atom stereocenters. The highest BCUT2D eigenvalue weighted by Gasteiger charge is 2.21. The zero-order valence-corrected chi connectivity index (χ0v) is 17.4. The van der Waals surface area contributed by atoms with Crippen molar-refractivity contribution in [2.45, 2.75) is 17.2 Å². The number of amides is 1. The molecule has 9 heteroatoms. The van der Waals surface area contributed by atoms with Crippen LogP contribution in [0.25, 0.3) is 21.6 Å². The molecular weight excluding hydrogens is 420 g/mol. The second-order valence-corrected chi connectivity index (χ2v) is 8.65.